The van der Waals surface area contributed by atoms with Crippen molar-refractivity contribution in [2.75, 3.05) is 13.2 Å². The molecule has 0 atom stereocenters. The predicted octanol–water partition coefficient (Wildman–Crippen LogP) is 2.42. The highest BCUT2D eigenvalue weighted by molar-refractivity contribution is 5.91. The van der Waals surface area contributed by atoms with Crippen LogP contribution < -0.4 is 21.5 Å². The molecule has 0 spiro atoms. The fourth-order valence-corrected chi connectivity index (χ4v) is 2.51. The Kier molecular flexibility index (Phi) is 8.79. The van der Waals surface area contributed by atoms with Gasteiger partial charge in [0.05, 0.1) is 24.2 Å². The summed E-state index contributed by atoms with van der Waals surface area (Å²) < 4.78 is 15.5. The zero-order valence-electron chi connectivity index (χ0n) is 18.8. The summed E-state index contributed by atoms with van der Waals surface area (Å²) in [7, 11) is 0. The maximum absolute atomic E-state index is 12.3. The normalized spacial score (nSPS) is 10.6. The molecule has 2 rings (SSSR count). The van der Waals surface area contributed by atoms with Gasteiger partial charge in [-0.1, -0.05) is 12.1 Å². The lowest BCUT2D eigenvalue weighted by Crippen LogP contribution is -2.34. The smallest absolute Gasteiger partial charge is 0.407 e. The second-order valence-corrected chi connectivity index (χ2v) is 7.94. The summed E-state index contributed by atoms with van der Waals surface area (Å²) in [6.07, 6.45) is -0.541. The first-order valence-electron chi connectivity index (χ1n) is 10.1. The Morgan fingerprint density at radius 2 is 1.61 bits per heavy atom. The molecule has 0 aliphatic heterocycles. The number of carbonyl (C=O) groups excluding carboxylic acids is 3. The highest BCUT2D eigenvalue weighted by Gasteiger charge is 2.15. The Morgan fingerprint density at radius 1 is 0.970 bits per heavy atom. The average molecular weight is 456 g/mol. The molecular formula is C23H28N4O6. The lowest BCUT2D eigenvalue weighted by atomic mass is 10.1. The molecule has 0 radical (unpaired) electrons. The van der Waals surface area contributed by atoms with Gasteiger partial charge in [-0.05, 0) is 62.7 Å². The number of alkyl carbamates (subject to hydrolysis) is 1. The zero-order valence-corrected chi connectivity index (χ0v) is 18.8. The second-order valence-electron chi connectivity index (χ2n) is 7.94. The number of amides is 1. The van der Waals surface area contributed by atoms with Crippen molar-refractivity contribution in [3.8, 4) is 5.75 Å². The lowest BCUT2D eigenvalue weighted by molar-refractivity contribution is -0.142. The Morgan fingerprint density at radius 3 is 2.18 bits per heavy atom. The molecule has 0 aliphatic rings. The van der Waals surface area contributed by atoms with Crippen LogP contribution in [0.25, 0.3) is 0 Å². The van der Waals surface area contributed by atoms with E-state index in [9.17, 15) is 14.4 Å². The van der Waals surface area contributed by atoms with E-state index in [0.717, 1.165) is 0 Å². The van der Waals surface area contributed by atoms with Gasteiger partial charge in [0.2, 0.25) is 0 Å². The van der Waals surface area contributed by atoms with Gasteiger partial charge in [0, 0.05) is 0 Å². The Labute approximate surface area is 191 Å². The van der Waals surface area contributed by atoms with E-state index in [1.807, 2.05) is 0 Å². The molecule has 0 saturated carbocycles. The van der Waals surface area contributed by atoms with Gasteiger partial charge in [0.25, 0.3) is 0 Å². The molecule has 2 aromatic carbocycles. The number of rotatable bonds is 8. The Bertz CT molecular complexity index is 991. The van der Waals surface area contributed by atoms with Gasteiger partial charge < -0.3 is 31.0 Å². The number of carbonyl (C=O) groups is 3. The SMILES string of the molecule is CC(C)(C)OC(=O)NCCOC(=O)Cc1ccc(OC(=O)c2ccc(N=C(N)N)cc2)cc1. The van der Waals surface area contributed by atoms with Gasteiger partial charge in [-0.2, -0.15) is 0 Å². The number of nitrogens with two attached hydrogens (primary N) is 2. The second kappa shape index (κ2) is 11.5. The number of aliphatic imine (C=N–C) groups is 1. The molecule has 10 heteroatoms. The van der Waals surface area contributed by atoms with Crippen LogP contribution in [-0.4, -0.2) is 42.7 Å². The fourth-order valence-electron chi connectivity index (χ4n) is 2.51. The first-order chi connectivity index (χ1) is 15.5. The number of hydrogen-bond donors (Lipinski definition) is 3. The summed E-state index contributed by atoms with van der Waals surface area (Å²) in [5, 5.41) is 2.50. The molecule has 0 heterocycles. The van der Waals surface area contributed by atoms with Gasteiger partial charge in [-0.15, -0.1) is 0 Å². The average Bonchev–Trinajstić information content (AvgIpc) is 2.71. The lowest BCUT2D eigenvalue weighted by Gasteiger charge is -2.19. The number of esters is 2. The van der Waals surface area contributed by atoms with Crippen molar-refractivity contribution in [1.82, 2.24) is 5.32 Å². The van der Waals surface area contributed by atoms with Crippen LogP contribution in [0.5, 0.6) is 5.75 Å². The van der Waals surface area contributed by atoms with Crippen molar-refractivity contribution in [1.29, 1.82) is 0 Å². The molecule has 5 N–H and O–H groups in total. The minimum atomic E-state index is -0.597. The van der Waals surface area contributed by atoms with Gasteiger partial charge in [-0.25, -0.2) is 14.6 Å². The molecule has 1 amide bonds. The van der Waals surface area contributed by atoms with Crippen molar-refractivity contribution >= 4 is 29.7 Å². The molecule has 0 saturated heterocycles. The van der Waals surface area contributed by atoms with E-state index in [1.54, 1.807) is 69.3 Å². The molecule has 0 fully saturated rings. The third-order valence-corrected chi connectivity index (χ3v) is 3.88. The monoisotopic (exact) mass is 456 g/mol. The topological polar surface area (TPSA) is 155 Å². The number of nitrogens with zero attached hydrogens (tertiary/aromatic N) is 1. The van der Waals surface area contributed by atoms with Crippen LogP contribution in [0.4, 0.5) is 10.5 Å². The third kappa shape index (κ3) is 9.72. The van der Waals surface area contributed by atoms with Gasteiger partial charge in [-0.3, -0.25) is 4.79 Å². The summed E-state index contributed by atoms with van der Waals surface area (Å²) in [6.45, 7) is 5.43. The molecule has 0 aromatic heterocycles. The molecular weight excluding hydrogens is 428 g/mol. The predicted molar refractivity (Wildman–Crippen MR) is 122 cm³/mol. The number of hydrogen-bond acceptors (Lipinski definition) is 7. The summed E-state index contributed by atoms with van der Waals surface area (Å²) in [5.41, 5.74) is 11.6. The fraction of sp³-hybridized carbons (Fsp3) is 0.304. The standard InChI is InChI=1S/C23H28N4O6/c1-23(2,3)33-22(30)26-12-13-31-19(28)14-15-4-10-18(11-5-15)32-20(29)16-6-8-17(9-7-16)27-21(24)25/h4-11H,12-14H2,1-3H3,(H,26,30)(H4,24,25,27). The van der Waals surface area contributed by atoms with Crippen LogP contribution in [0.15, 0.2) is 53.5 Å². The van der Waals surface area contributed by atoms with Crippen LogP contribution >= 0.6 is 0 Å². The first kappa shape index (κ1) is 25.2. The zero-order chi connectivity index (χ0) is 24.4. The Hall–Kier alpha value is -4.08. The van der Waals surface area contributed by atoms with E-state index in [2.05, 4.69) is 10.3 Å². The molecule has 33 heavy (non-hydrogen) atoms. The summed E-state index contributed by atoms with van der Waals surface area (Å²) in [6, 6.07) is 12.8. The highest BCUT2D eigenvalue weighted by Crippen LogP contribution is 2.17. The van der Waals surface area contributed by atoms with Crippen LogP contribution in [0.2, 0.25) is 0 Å². The van der Waals surface area contributed by atoms with E-state index >= 15 is 0 Å². The van der Waals surface area contributed by atoms with Crippen molar-refractivity contribution in [3.63, 3.8) is 0 Å². The maximum atomic E-state index is 12.3. The summed E-state index contributed by atoms with van der Waals surface area (Å²) in [5.74, 6) is -0.749. The van der Waals surface area contributed by atoms with Crippen LogP contribution in [0, 0.1) is 0 Å². The Balaban J connectivity index is 1.77. The number of guanidine groups is 1. The highest BCUT2D eigenvalue weighted by atomic mass is 16.6. The van der Waals surface area contributed by atoms with Crippen molar-refractivity contribution in [2.45, 2.75) is 32.8 Å². The van der Waals surface area contributed by atoms with Gasteiger partial charge in [0.15, 0.2) is 5.96 Å². The van der Waals surface area contributed by atoms with E-state index < -0.39 is 23.6 Å². The van der Waals surface area contributed by atoms with Crippen molar-refractivity contribution in [2.24, 2.45) is 16.5 Å². The van der Waals surface area contributed by atoms with Crippen LogP contribution in [-0.2, 0) is 20.7 Å². The van der Waals surface area contributed by atoms with Crippen LogP contribution in [0.1, 0.15) is 36.7 Å². The minimum Gasteiger partial charge on any atom is -0.464 e. The van der Waals surface area contributed by atoms with E-state index in [4.69, 9.17) is 25.7 Å². The molecule has 2 aromatic rings. The van der Waals surface area contributed by atoms with Crippen molar-refractivity contribution < 1.29 is 28.6 Å². The first-order valence-corrected chi connectivity index (χ1v) is 10.1. The minimum absolute atomic E-state index is 0.0236. The number of nitrogens with one attached hydrogen (secondary N) is 1. The largest absolute Gasteiger partial charge is 0.464 e. The van der Waals surface area contributed by atoms with Crippen LogP contribution in [0.3, 0.4) is 0 Å². The molecule has 0 unspecified atom stereocenters. The summed E-state index contributed by atoms with van der Waals surface area (Å²) >= 11 is 0. The number of benzene rings is 2. The quantitative estimate of drug-likeness (QED) is 0.180. The molecule has 176 valence electrons. The maximum Gasteiger partial charge on any atom is 0.407 e. The summed E-state index contributed by atoms with van der Waals surface area (Å²) in [4.78, 5) is 39.6. The number of ether oxygens (including phenoxy) is 3. The molecule has 0 aliphatic carbocycles. The molecule has 10 nitrogen and oxygen atoms in total. The van der Waals surface area contributed by atoms with Gasteiger partial charge in [0.1, 0.15) is 18.0 Å². The van der Waals surface area contributed by atoms with Crippen molar-refractivity contribution in [3.05, 3.63) is 59.7 Å². The van der Waals surface area contributed by atoms with E-state index in [0.29, 0.717) is 22.6 Å². The molecule has 0 bridgehead atoms. The van der Waals surface area contributed by atoms with Gasteiger partial charge >= 0.3 is 18.0 Å². The van der Waals surface area contributed by atoms with E-state index in [-0.39, 0.29) is 25.5 Å². The van der Waals surface area contributed by atoms with E-state index in [1.165, 1.54) is 0 Å². The third-order valence-electron chi connectivity index (χ3n) is 3.88.